The molecule has 1 fully saturated rings. The maximum Gasteiger partial charge on any atom is 0.300 e. The Morgan fingerprint density at radius 3 is 2.34 bits per heavy atom. The highest BCUT2D eigenvalue weighted by Crippen LogP contribution is 2.44. The summed E-state index contributed by atoms with van der Waals surface area (Å²) in [6.07, 6.45) is 0. The summed E-state index contributed by atoms with van der Waals surface area (Å²) in [4.78, 5) is 27.2. The molecule has 1 aliphatic rings. The molecule has 1 amide bonds. The predicted molar refractivity (Wildman–Crippen MR) is 126 cm³/mol. The number of hydrogen-bond acceptors (Lipinski definition) is 5. The van der Waals surface area contributed by atoms with Crippen LogP contribution in [0.1, 0.15) is 31.0 Å². The number of halogens is 2. The minimum Gasteiger partial charge on any atom is -0.507 e. The number of anilines is 1. The minimum atomic E-state index is -1.20. The van der Waals surface area contributed by atoms with Crippen LogP contribution in [-0.4, -0.2) is 30.0 Å². The Balaban J connectivity index is 1.96. The van der Waals surface area contributed by atoms with Crippen LogP contribution in [0.3, 0.4) is 0 Å². The van der Waals surface area contributed by atoms with Crippen LogP contribution < -0.4 is 14.4 Å². The van der Waals surface area contributed by atoms with Gasteiger partial charge in [-0.05, 0) is 43.7 Å². The van der Waals surface area contributed by atoms with Crippen LogP contribution >= 0.6 is 0 Å². The third kappa shape index (κ3) is 4.47. The van der Waals surface area contributed by atoms with Gasteiger partial charge in [0, 0.05) is 12.1 Å². The van der Waals surface area contributed by atoms with E-state index in [2.05, 4.69) is 0 Å². The second-order valence-electron chi connectivity index (χ2n) is 7.70. The molecule has 8 heteroatoms. The summed E-state index contributed by atoms with van der Waals surface area (Å²) in [5.41, 5.74) is -0.0820. The van der Waals surface area contributed by atoms with E-state index < -0.39 is 40.8 Å². The Morgan fingerprint density at radius 1 is 0.943 bits per heavy atom. The van der Waals surface area contributed by atoms with Gasteiger partial charge >= 0.3 is 0 Å². The number of carbonyl (C=O) groups excluding carboxylic acids is 2. The molecule has 1 saturated heterocycles. The molecule has 0 aliphatic carbocycles. The molecule has 1 heterocycles. The van der Waals surface area contributed by atoms with Gasteiger partial charge in [-0.3, -0.25) is 14.5 Å². The Bertz CT molecular complexity index is 1310. The number of ketones is 1. The summed E-state index contributed by atoms with van der Waals surface area (Å²) in [5, 5.41) is 11.3. The normalized spacial score (nSPS) is 17.0. The van der Waals surface area contributed by atoms with Crippen molar-refractivity contribution < 1.29 is 33.0 Å². The number of Topliss-reactive ketones (excluding diaryl/α,β-unsaturated/α-hetero) is 1. The molecule has 0 aromatic heterocycles. The highest BCUT2D eigenvalue weighted by molar-refractivity contribution is 6.51. The molecule has 0 radical (unpaired) electrons. The molecule has 3 aromatic rings. The van der Waals surface area contributed by atoms with E-state index in [1.54, 1.807) is 49.4 Å². The lowest BCUT2D eigenvalue weighted by molar-refractivity contribution is -0.132. The lowest BCUT2D eigenvalue weighted by atomic mass is 9.94. The van der Waals surface area contributed by atoms with Gasteiger partial charge in [-0.2, -0.15) is 0 Å². The second-order valence-corrected chi connectivity index (χ2v) is 7.70. The first-order valence-corrected chi connectivity index (χ1v) is 11.1. The van der Waals surface area contributed by atoms with Gasteiger partial charge in [-0.1, -0.05) is 30.3 Å². The third-order valence-corrected chi connectivity index (χ3v) is 5.55. The SMILES string of the molecule is CCOc1ccc(/C(O)=C2/C(=O)C(=O)N(c3cc(F)ccc3F)C2c2ccccc2)c(OCC)c1. The summed E-state index contributed by atoms with van der Waals surface area (Å²) >= 11 is 0. The van der Waals surface area contributed by atoms with Crippen molar-refractivity contribution in [3.05, 3.63) is 95.1 Å². The lowest BCUT2D eigenvalue weighted by Gasteiger charge is -2.26. The van der Waals surface area contributed by atoms with Gasteiger partial charge in [0.2, 0.25) is 0 Å². The largest absolute Gasteiger partial charge is 0.507 e. The third-order valence-electron chi connectivity index (χ3n) is 5.55. The Labute approximate surface area is 201 Å². The maximum atomic E-state index is 14.8. The molecule has 35 heavy (non-hydrogen) atoms. The lowest BCUT2D eigenvalue weighted by Crippen LogP contribution is -2.30. The first-order valence-electron chi connectivity index (χ1n) is 11.1. The van der Waals surface area contributed by atoms with Gasteiger partial charge in [0.15, 0.2) is 0 Å². The van der Waals surface area contributed by atoms with Crippen molar-refractivity contribution in [1.29, 1.82) is 0 Å². The number of aliphatic hydroxyl groups is 1. The van der Waals surface area contributed by atoms with Crippen molar-refractivity contribution in [2.24, 2.45) is 0 Å². The van der Waals surface area contributed by atoms with Crippen molar-refractivity contribution in [2.75, 3.05) is 18.1 Å². The molecule has 0 bridgehead atoms. The fourth-order valence-corrected chi connectivity index (χ4v) is 4.08. The van der Waals surface area contributed by atoms with E-state index in [0.717, 1.165) is 23.1 Å². The molecule has 180 valence electrons. The van der Waals surface area contributed by atoms with Gasteiger partial charge in [0.1, 0.15) is 28.9 Å². The van der Waals surface area contributed by atoms with E-state index in [9.17, 15) is 23.5 Å². The summed E-state index contributed by atoms with van der Waals surface area (Å²) in [5.74, 6) is -3.54. The number of aliphatic hydroxyl groups excluding tert-OH is 1. The molecule has 1 aliphatic heterocycles. The molecule has 1 N–H and O–H groups in total. The van der Waals surface area contributed by atoms with E-state index >= 15 is 0 Å². The van der Waals surface area contributed by atoms with E-state index in [4.69, 9.17) is 9.47 Å². The number of ether oxygens (including phenoxy) is 2. The predicted octanol–water partition coefficient (Wildman–Crippen LogP) is 5.39. The van der Waals surface area contributed by atoms with Gasteiger partial charge in [-0.25, -0.2) is 8.78 Å². The Hall–Kier alpha value is -4.20. The first-order chi connectivity index (χ1) is 16.9. The van der Waals surface area contributed by atoms with Crippen LogP contribution in [0.15, 0.2) is 72.3 Å². The number of rotatable bonds is 7. The van der Waals surface area contributed by atoms with E-state index in [1.807, 2.05) is 6.92 Å². The zero-order chi connectivity index (χ0) is 25.1. The van der Waals surface area contributed by atoms with E-state index in [1.165, 1.54) is 6.07 Å². The maximum absolute atomic E-state index is 14.8. The van der Waals surface area contributed by atoms with Crippen LogP contribution in [0.2, 0.25) is 0 Å². The van der Waals surface area contributed by atoms with Gasteiger partial charge in [0.05, 0.1) is 36.1 Å². The number of amides is 1. The summed E-state index contributed by atoms with van der Waals surface area (Å²) in [6, 6.07) is 14.5. The fourth-order valence-electron chi connectivity index (χ4n) is 4.08. The average molecular weight is 479 g/mol. The molecule has 4 rings (SSSR count). The Kier molecular flexibility index (Phi) is 6.82. The van der Waals surface area contributed by atoms with Crippen LogP contribution in [-0.2, 0) is 9.59 Å². The Morgan fingerprint density at radius 2 is 1.66 bits per heavy atom. The summed E-state index contributed by atoms with van der Waals surface area (Å²) in [7, 11) is 0. The summed E-state index contributed by atoms with van der Waals surface area (Å²) < 4.78 is 40.0. The molecule has 0 spiro atoms. The molecule has 0 saturated carbocycles. The highest BCUT2D eigenvalue weighted by atomic mass is 19.1. The standard InChI is InChI=1S/C27H23F2NO5/c1-3-34-18-11-12-19(22(15-18)35-4-2)25(31)23-24(16-8-6-5-7-9-16)30(27(33)26(23)32)21-14-17(28)10-13-20(21)29/h5-15,24,31H,3-4H2,1-2H3/b25-23-. The number of nitrogens with zero attached hydrogens (tertiary/aromatic N) is 1. The molecule has 6 nitrogen and oxygen atoms in total. The van der Waals surface area contributed by atoms with E-state index in [-0.39, 0.29) is 23.5 Å². The van der Waals surface area contributed by atoms with Crippen molar-refractivity contribution in [3.8, 4) is 11.5 Å². The minimum absolute atomic E-state index is 0.161. The second kappa shape index (κ2) is 9.97. The van der Waals surface area contributed by atoms with Crippen molar-refractivity contribution in [1.82, 2.24) is 0 Å². The zero-order valence-corrected chi connectivity index (χ0v) is 19.1. The molecular weight excluding hydrogens is 456 g/mol. The van der Waals surface area contributed by atoms with Crippen molar-refractivity contribution >= 4 is 23.1 Å². The highest BCUT2D eigenvalue weighted by Gasteiger charge is 2.48. The quantitative estimate of drug-likeness (QED) is 0.279. The number of carbonyl (C=O) groups is 2. The van der Waals surface area contributed by atoms with Gasteiger partial charge < -0.3 is 14.6 Å². The van der Waals surface area contributed by atoms with Crippen molar-refractivity contribution in [2.45, 2.75) is 19.9 Å². The van der Waals surface area contributed by atoms with Gasteiger partial charge in [-0.15, -0.1) is 0 Å². The molecular formula is C27H23F2NO5. The number of hydrogen-bond donors (Lipinski definition) is 1. The van der Waals surface area contributed by atoms with Crippen LogP contribution in [0, 0.1) is 11.6 Å². The summed E-state index contributed by atoms with van der Waals surface area (Å²) in [6.45, 7) is 4.25. The van der Waals surface area contributed by atoms with Crippen LogP contribution in [0.25, 0.3) is 5.76 Å². The van der Waals surface area contributed by atoms with Crippen molar-refractivity contribution in [3.63, 3.8) is 0 Å². The van der Waals surface area contributed by atoms with Crippen LogP contribution in [0.5, 0.6) is 11.5 Å². The fraction of sp³-hybridized carbons (Fsp3) is 0.185. The first kappa shape index (κ1) is 23.9. The molecule has 3 aromatic carbocycles. The zero-order valence-electron chi connectivity index (χ0n) is 19.1. The molecule has 1 unspecified atom stereocenters. The number of benzene rings is 3. The smallest absolute Gasteiger partial charge is 0.300 e. The molecule has 1 atom stereocenters. The monoisotopic (exact) mass is 479 g/mol. The van der Waals surface area contributed by atoms with E-state index in [0.29, 0.717) is 17.9 Å². The average Bonchev–Trinajstić information content (AvgIpc) is 3.12. The topological polar surface area (TPSA) is 76.1 Å². The van der Waals surface area contributed by atoms with Crippen LogP contribution in [0.4, 0.5) is 14.5 Å². The van der Waals surface area contributed by atoms with Gasteiger partial charge in [0.25, 0.3) is 11.7 Å².